The van der Waals surface area contributed by atoms with E-state index in [1.807, 2.05) is 6.08 Å². The molecule has 0 aromatic carbocycles. The molecule has 3 nitrogen and oxygen atoms in total. The highest BCUT2D eigenvalue weighted by atomic mass is 16.4. The van der Waals surface area contributed by atoms with Crippen molar-refractivity contribution in [2.75, 3.05) is 6.61 Å². The predicted molar refractivity (Wildman–Crippen MR) is 46.9 cm³/mol. The van der Waals surface area contributed by atoms with E-state index in [1.54, 1.807) is 13.0 Å². The zero-order valence-electron chi connectivity index (χ0n) is 7.16. The molecule has 0 saturated carbocycles. The number of allylic oxidation sites excluding steroid dienone is 2. The van der Waals surface area contributed by atoms with E-state index in [-0.39, 0.29) is 6.61 Å². The van der Waals surface area contributed by atoms with Gasteiger partial charge in [0.2, 0.25) is 0 Å². The lowest BCUT2D eigenvalue weighted by molar-refractivity contribution is -0.131. The maximum atomic E-state index is 10.2. The molecule has 0 fully saturated rings. The fourth-order valence-corrected chi connectivity index (χ4v) is 0.786. The minimum atomic E-state index is -0.904. The minimum Gasteiger partial charge on any atom is -0.478 e. The van der Waals surface area contributed by atoms with Crippen LogP contribution in [0.3, 0.4) is 0 Å². The van der Waals surface area contributed by atoms with E-state index < -0.39 is 5.97 Å². The summed E-state index contributed by atoms with van der Waals surface area (Å²) in [5.41, 5.74) is 0.838. The van der Waals surface area contributed by atoms with Gasteiger partial charge in [0, 0.05) is 6.08 Å². The van der Waals surface area contributed by atoms with E-state index in [4.69, 9.17) is 10.2 Å². The fourth-order valence-electron chi connectivity index (χ4n) is 0.786. The van der Waals surface area contributed by atoms with Gasteiger partial charge in [-0.2, -0.15) is 0 Å². The fraction of sp³-hybridized carbons (Fsp3) is 0.444. The van der Waals surface area contributed by atoms with Crippen molar-refractivity contribution in [1.82, 2.24) is 0 Å². The van der Waals surface area contributed by atoms with Crippen molar-refractivity contribution >= 4 is 5.97 Å². The van der Waals surface area contributed by atoms with Crippen LogP contribution in [0.5, 0.6) is 0 Å². The molecule has 0 aliphatic rings. The quantitative estimate of drug-likeness (QED) is 0.483. The van der Waals surface area contributed by atoms with E-state index in [2.05, 4.69) is 0 Å². The van der Waals surface area contributed by atoms with Crippen LogP contribution in [-0.2, 0) is 4.79 Å². The van der Waals surface area contributed by atoms with Crippen LogP contribution in [0, 0.1) is 0 Å². The van der Waals surface area contributed by atoms with E-state index in [0.29, 0.717) is 0 Å². The monoisotopic (exact) mass is 170 g/mol. The third-order valence-electron chi connectivity index (χ3n) is 1.35. The molecule has 0 rings (SSSR count). The van der Waals surface area contributed by atoms with Crippen LogP contribution in [0.4, 0.5) is 0 Å². The Hall–Kier alpha value is -1.09. The number of aliphatic hydroxyl groups excluding tert-OH is 1. The molecule has 0 radical (unpaired) electrons. The van der Waals surface area contributed by atoms with Crippen molar-refractivity contribution in [3.63, 3.8) is 0 Å². The van der Waals surface area contributed by atoms with Gasteiger partial charge in [0.25, 0.3) is 0 Å². The Morgan fingerprint density at radius 3 is 2.58 bits per heavy atom. The Morgan fingerprint density at radius 1 is 1.42 bits per heavy atom. The smallest absolute Gasteiger partial charge is 0.328 e. The van der Waals surface area contributed by atoms with Gasteiger partial charge < -0.3 is 10.2 Å². The van der Waals surface area contributed by atoms with Gasteiger partial charge >= 0.3 is 5.97 Å². The van der Waals surface area contributed by atoms with Gasteiger partial charge in [0.1, 0.15) is 0 Å². The Labute approximate surface area is 72.0 Å². The van der Waals surface area contributed by atoms with Crippen molar-refractivity contribution in [2.45, 2.75) is 19.8 Å². The predicted octanol–water partition coefficient (Wildman–Crippen LogP) is 1.35. The van der Waals surface area contributed by atoms with Crippen LogP contribution in [-0.4, -0.2) is 22.8 Å². The molecule has 3 heteroatoms. The molecule has 0 bridgehead atoms. The first kappa shape index (κ1) is 10.9. The van der Waals surface area contributed by atoms with Crippen molar-refractivity contribution in [3.05, 3.63) is 23.8 Å². The van der Waals surface area contributed by atoms with E-state index in [9.17, 15) is 4.79 Å². The Kier molecular flexibility index (Phi) is 6.01. The summed E-state index contributed by atoms with van der Waals surface area (Å²) in [5, 5.41) is 16.7. The van der Waals surface area contributed by atoms with Crippen LogP contribution >= 0.6 is 0 Å². The highest BCUT2D eigenvalue weighted by Gasteiger charge is 1.92. The Bertz CT molecular complexity index is 192. The highest BCUT2D eigenvalue weighted by Crippen LogP contribution is 2.03. The zero-order valence-corrected chi connectivity index (χ0v) is 7.16. The topological polar surface area (TPSA) is 57.5 Å². The summed E-state index contributed by atoms with van der Waals surface area (Å²) < 4.78 is 0. The molecular weight excluding hydrogens is 156 g/mol. The molecule has 0 aliphatic heterocycles. The lowest BCUT2D eigenvalue weighted by atomic mass is 10.1. The molecule has 0 amide bonds. The molecule has 0 atom stereocenters. The molecule has 68 valence electrons. The maximum Gasteiger partial charge on any atom is 0.328 e. The lowest BCUT2D eigenvalue weighted by Crippen LogP contribution is -1.89. The van der Waals surface area contributed by atoms with Gasteiger partial charge in [-0.1, -0.05) is 17.7 Å². The third kappa shape index (κ3) is 7.02. The number of aliphatic hydroxyl groups is 1. The molecule has 0 unspecified atom stereocenters. The number of hydrogen-bond acceptors (Lipinski definition) is 2. The van der Waals surface area contributed by atoms with Crippen LogP contribution in [0.2, 0.25) is 0 Å². The number of carbonyl (C=O) groups is 1. The second-order valence-corrected chi connectivity index (χ2v) is 2.52. The summed E-state index contributed by atoms with van der Waals surface area (Å²) in [6.45, 7) is 1.82. The Balaban J connectivity index is 3.63. The molecule has 2 N–H and O–H groups in total. The van der Waals surface area contributed by atoms with Gasteiger partial charge in [-0.25, -0.2) is 4.79 Å². The van der Waals surface area contributed by atoms with Gasteiger partial charge in [-0.3, -0.25) is 0 Å². The molecular formula is C9H14O3. The summed E-state index contributed by atoms with van der Waals surface area (Å²) in [7, 11) is 0. The van der Waals surface area contributed by atoms with Crippen molar-refractivity contribution in [1.29, 1.82) is 0 Å². The summed E-state index contributed by atoms with van der Waals surface area (Å²) in [5.74, 6) is -0.904. The number of carboxylic acid groups (broad SMARTS) is 1. The first-order valence-electron chi connectivity index (χ1n) is 3.82. The number of carboxylic acids is 1. The highest BCUT2D eigenvalue weighted by molar-refractivity contribution is 5.80. The van der Waals surface area contributed by atoms with Crippen LogP contribution in [0.15, 0.2) is 23.8 Å². The molecule has 0 aromatic heterocycles. The summed E-state index contributed by atoms with van der Waals surface area (Å²) in [4.78, 5) is 10.2. The van der Waals surface area contributed by atoms with E-state index in [1.165, 1.54) is 6.08 Å². The van der Waals surface area contributed by atoms with Crippen molar-refractivity contribution < 1.29 is 15.0 Å². The molecule has 0 spiro atoms. The summed E-state index contributed by atoms with van der Waals surface area (Å²) in [6, 6.07) is 0. The van der Waals surface area contributed by atoms with Gasteiger partial charge in [-0.05, 0) is 19.8 Å². The number of rotatable bonds is 5. The van der Waals surface area contributed by atoms with Gasteiger partial charge in [0.05, 0.1) is 6.61 Å². The molecule has 0 saturated heterocycles. The van der Waals surface area contributed by atoms with E-state index in [0.717, 1.165) is 18.4 Å². The van der Waals surface area contributed by atoms with Gasteiger partial charge in [-0.15, -0.1) is 0 Å². The van der Waals surface area contributed by atoms with E-state index >= 15 is 0 Å². The summed E-state index contributed by atoms with van der Waals surface area (Å²) in [6.07, 6.45) is 6.18. The van der Waals surface area contributed by atoms with Crippen LogP contribution in [0.25, 0.3) is 0 Å². The maximum absolute atomic E-state index is 10.2. The number of aliphatic carboxylic acids is 1. The normalized spacial score (nSPS) is 12.3. The average molecular weight is 170 g/mol. The Morgan fingerprint density at radius 2 is 2.08 bits per heavy atom. The first-order chi connectivity index (χ1) is 5.66. The number of hydrogen-bond donors (Lipinski definition) is 2. The molecule has 12 heavy (non-hydrogen) atoms. The first-order valence-corrected chi connectivity index (χ1v) is 3.82. The zero-order chi connectivity index (χ0) is 9.40. The average Bonchev–Trinajstić information content (AvgIpc) is 1.97. The molecule has 0 aromatic rings. The summed E-state index contributed by atoms with van der Waals surface area (Å²) >= 11 is 0. The largest absolute Gasteiger partial charge is 0.478 e. The van der Waals surface area contributed by atoms with Crippen LogP contribution < -0.4 is 0 Å². The van der Waals surface area contributed by atoms with Crippen LogP contribution in [0.1, 0.15) is 19.8 Å². The second kappa shape index (κ2) is 6.61. The minimum absolute atomic E-state index is 0.0433. The second-order valence-electron chi connectivity index (χ2n) is 2.52. The molecule has 0 heterocycles. The van der Waals surface area contributed by atoms with Crippen molar-refractivity contribution in [3.8, 4) is 0 Å². The third-order valence-corrected chi connectivity index (χ3v) is 1.35. The SMILES string of the molecule is C/C(=C/C(=O)O)CC/C=C/CO. The standard InChI is InChI=1S/C9H14O3/c1-8(7-9(11)12)5-3-2-4-6-10/h2,4,7,10H,3,5-6H2,1H3,(H,11,12)/b4-2+,8-7-. The molecule has 0 aliphatic carbocycles. The van der Waals surface area contributed by atoms with Gasteiger partial charge in [0.15, 0.2) is 0 Å². The lowest BCUT2D eigenvalue weighted by Gasteiger charge is -1.94. The van der Waals surface area contributed by atoms with Crippen molar-refractivity contribution in [2.24, 2.45) is 0 Å².